The fourth-order valence-electron chi connectivity index (χ4n) is 2.40. The molecule has 5 nitrogen and oxygen atoms in total. The van der Waals surface area contributed by atoms with Crippen LogP contribution in [0.4, 0.5) is 0 Å². The van der Waals surface area contributed by atoms with Gasteiger partial charge in [-0.05, 0) is 62.7 Å². The number of ether oxygens (including phenoxy) is 2. The summed E-state index contributed by atoms with van der Waals surface area (Å²) in [7, 11) is 0. The molecule has 2 rings (SSSR count). The summed E-state index contributed by atoms with van der Waals surface area (Å²) >= 11 is 0. The highest BCUT2D eigenvalue weighted by molar-refractivity contribution is 5.94. The van der Waals surface area contributed by atoms with Crippen LogP contribution in [0.5, 0.6) is 11.5 Å². The molecule has 2 aromatic carbocycles. The molecular weight excluding hydrogens is 316 g/mol. The Morgan fingerprint density at radius 2 is 1.72 bits per heavy atom. The number of carbonyl (C=O) groups is 1. The summed E-state index contributed by atoms with van der Waals surface area (Å²) in [5.74, 6) is 1.17. The Morgan fingerprint density at radius 1 is 1.08 bits per heavy atom. The predicted molar refractivity (Wildman–Crippen MR) is 95.8 cm³/mol. The lowest BCUT2D eigenvalue weighted by Crippen LogP contribution is -2.26. The Morgan fingerprint density at radius 3 is 2.32 bits per heavy atom. The van der Waals surface area contributed by atoms with Crippen molar-refractivity contribution in [3.05, 3.63) is 59.2 Å². The molecule has 0 aliphatic heterocycles. The molecule has 0 spiro atoms. The van der Waals surface area contributed by atoms with Crippen LogP contribution in [0.15, 0.2) is 42.5 Å². The van der Waals surface area contributed by atoms with E-state index in [1.165, 1.54) is 0 Å². The molecule has 5 heteroatoms. The van der Waals surface area contributed by atoms with Crippen LogP contribution < -0.4 is 14.8 Å². The number of nitrogens with zero attached hydrogens (tertiary/aromatic N) is 1. The van der Waals surface area contributed by atoms with Crippen molar-refractivity contribution in [2.24, 2.45) is 0 Å². The fourth-order valence-corrected chi connectivity index (χ4v) is 2.40. The SMILES string of the molecule is CCOc1ccc([C@@H](C)NC(=O)c2ccc(C#N)cc2)cc1OCC. The zero-order valence-electron chi connectivity index (χ0n) is 14.7. The van der Waals surface area contributed by atoms with Crippen LogP contribution >= 0.6 is 0 Å². The van der Waals surface area contributed by atoms with Gasteiger partial charge < -0.3 is 14.8 Å². The van der Waals surface area contributed by atoms with E-state index in [2.05, 4.69) is 5.32 Å². The van der Waals surface area contributed by atoms with Gasteiger partial charge >= 0.3 is 0 Å². The molecule has 0 bridgehead atoms. The number of hydrogen-bond acceptors (Lipinski definition) is 4. The zero-order chi connectivity index (χ0) is 18.2. The maximum atomic E-state index is 12.4. The van der Waals surface area contributed by atoms with Crippen molar-refractivity contribution in [3.8, 4) is 17.6 Å². The first kappa shape index (κ1) is 18.3. The Balaban J connectivity index is 2.13. The molecule has 25 heavy (non-hydrogen) atoms. The average molecular weight is 338 g/mol. The quantitative estimate of drug-likeness (QED) is 0.832. The second-order valence-electron chi connectivity index (χ2n) is 5.46. The van der Waals surface area contributed by atoms with Crippen LogP contribution in [0, 0.1) is 11.3 Å². The first-order valence-corrected chi connectivity index (χ1v) is 8.29. The summed E-state index contributed by atoms with van der Waals surface area (Å²) in [5.41, 5.74) is 1.97. The van der Waals surface area contributed by atoms with Gasteiger partial charge in [-0.1, -0.05) is 6.07 Å². The van der Waals surface area contributed by atoms with Gasteiger partial charge in [0.2, 0.25) is 0 Å². The van der Waals surface area contributed by atoms with Gasteiger partial charge in [-0.2, -0.15) is 5.26 Å². The van der Waals surface area contributed by atoms with Crippen LogP contribution in [-0.4, -0.2) is 19.1 Å². The second kappa shape index (κ2) is 8.74. The summed E-state index contributed by atoms with van der Waals surface area (Å²) in [5, 5.41) is 11.8. The maximum Gasteiger partial charge on any atom is 0.251 e. The standard InChI is InChI=1S/C20H22N2O3/c1-4-24-18-11-10-17(12-19(18)25-5-2)14(3)22-20(23)16-8-6-15(13-21)7-9-16/h6-12,14H,4-5H2,1-3H3,(H,22,23)/t14-/m1/s1. The zero-order valence-corrected chi connectivity index (χ0v) is 14.7. The first-order valence-electron chi connectivity index (χ1n) is 8.29. The molecular formula is C20H22N2O3. The van der Waals surface area contributed by atoms with E-state index in [-0.39, 0.29) is 11.9 Å². The molecule has 2 aromatic rings. The van der Waals surface area contributed by atoms with Crippen molar-refractivity contribution in [2.75, 3.05) is 13.2 Å². The Kier molecular flexibility index (Phi) is 6.41. The van der Waals surface area contributed by atoms with Gasteiger partial charge in [-0.3, -0.25) is 4.79 Å². The molecule has 0 saturated heterocycles. The van der Waals surface area contributed by atoms with E-state index in [0.29, 0.717) is 35.8 Å². The van der Waals surface area contributed by atoms with E-state index in [1.807, 2.05) is 45.0 Å². The molecule has 0 radical (unpaired) electrons. The number of benzene rings is 2. The minimum absolute atomic E-state index is 0.191. The Bertz CT molecular complexity index is 764. The van der Waals surface area contributed by atoms with Crippen LogP contribution in [-0.2, 0) is 0 Å². The lowest BCUT2D eigenvalue weighted by molar-refractivity contribution is 0.0940. The van der Waals surface area contributed by atoms with Gasteiger partial charge in [0.1, 0.15) is 0 Å². The van der Waals surface area contributed by atoms with E-state index in [1.54, 1.807) is 24.3 Å². The van der Waals surface area contributed by atoms with E-state index < -0.39 is 0 Å². The highest BCUT2D eigenvalue weighted by atomic mass is 16.5. The summed E-state index contributed by atoms with van der Waals surface area (Å²) < 4.78 is 11.2. The molecule has 0 fully saturated rings. The predicted octanol–water partition coefficient (Wildman–Crippen LogP) is 3.85. The third kappa shape index (κ3) is 4.74. The van der Waals surface area contributed by atoms with Crippen molar-refractivity contribution < 1.29 is 14.3 Å². The highest BCUT2D eigenvalue weighted by Gasteiger charge is 2.14. The number of nitriles is 1. The van der Waals surface area contributed by atoms with E-state index in [9.17, 15) is 4.79 Å². The summed E-state index contributed by atoms with van der Waals surface area (Å²) in [6.07, 6.45) is 0. The molecule has 1 amide bonds. The van der Waals surface area contributed by atoms with Crippen molar-refractivity contribution in [2.45, 2.75) is 26.8 Å². The lowest BCUT2D eigenvalue weighted by atomic mass is 10.1. The molecule has 0 aliphatic carbocycles. The number of nitrogens with one attached hydrogen (secondary N) is 1. The van der Waals surface area contributed by atoms with E-state index >= 15 is 0 Å². The lowest BCUT2D eigenvalue weighted by Gasteiger charge is -2.17. The number of hydrogen-bond donors (Lipinski definition) is 1. The van der Waals surface area contributed by atoms with Crippen molar-refractivity contribution in [1.29, 1.82) is 5.26 Å². The number of carbonyl (C=O) groups excluding carboxylic acids is 1. The van der Waals surface area contributed by atoms with Gasteiger partial charge in [0.15, 0.2) is 11.5 Å². The van der Waals surface area contributed by atoms with Gasteiger partial charge in [0, 0.05) is 5.56 Å². The van der Waals surface area contributed by atoms with E-state index in [0.717, 1.165) is 5.56 Å². The van der Waals surface area contributed by atoms with Gasteiger partial charge in [0.25, 0.3) is 5.91 Å². The van der Waals surface area contributed by atoms with Crippen molar-refractivity contribution in [1.82, 2.24) is 5.32 Å². The third-order valence-corrected chi connectivity index (χ3v) is 3.69. The molecule has 0 aromatic heterocycles. The largest absolute Gasteiger partial charge is 0.490 e. The first-order chi connectivity index (χ1) is 12.1. The monoisotopic (exact) mass is 338 g/mol. The third-order valence-electron chi connectivity index (χ3n) is 3.69. The molecule has 0 unspecified atom stereocenters. The molecule has 1 atom stereocenters. The molecule has 1 N–H and O–H groups in total. The van der Waals surface area contributed by atoms with Gasteiger partial charge in [-0.25, -0.2) is 0 Å². The minimum Gasteiger partial charge on any atom is -0.490 e. The number of rotatable bonds is 7. The second-order valence-corrected chi connectivity index (χ2v) is 5.46. The summed E-state index contributed by atoms with van der Waals surface area (Å²) in [4.78, 5) is 12.4. The fraction of sp³-hybridized carbons (Fsp3) is 0.300. The normalized spacial score (nSPS) is 11.3. The molecule has 0 aliphatic rings. The molecule has 130 valence electrons. The van der Waals surface area contributed by atoms with Crippen LogP contribution in [0.25, 0.3) is 0 Å². The van der Waals surface area contributed by atoms with Crippen molar-refractivity contribution in [3.63, 3.8) is 0 Å². The van der Waals surface area contributed by atoms with E-state index in [4.69, 9.17) is 14.7 Å². The Labute approximate surface area is 148 Å². The molecule has 0 saturated carbocycles. The van der Waals surface area contributed by atoms with Crippen LogP contribution in [0.3, 0.4) is 0 Å². The average Bonchev–Trinajstić information content (AvgIpc) is 2.63. The highest BCUT2D eigenvalue weighted by Crippen LogP contribution is 2.30. The van der Waals surface area contributed by atoms with Gasteiger partial charge in [0.05, 0.1) is 30.9 Å². The minimum atomic E-state index is -0.196. The van der Waals surface area contributed by atoms with Gasteiger partial charge in [-0.15, -0.1) is 0 Å². The summed E-state index contributed by atoms with van der Waals surface area (Å²) in [6.45, 7) is 6.84. The van der Waals surface area contributed by atoms with Crippen molar-refractivity contribution >= 4 is 5.91 Å². The Hall–Kier alpha value is -3.00. The summed E-state index contributed by atoms with van der Waals surface area (Å²) in [6, 6.07) is 14.0. The van der Waals surface area contributed by atoms with Crippen LogP contribution in [0.2, 0.25) is 0 Å². The maximum absolute atomic E-state index is 12.4. The molecule has 0 heterocycles. The topological polar surface area (TPSA) is 71.3 Å². The smallest absolute Gasteiger partial charge is 0.251 e. The number of amides is 1. The van der Waals surface area contributed by atoms with Crippen LogP contribution in [0.1, 0.15) is 48.3 Å².